The number of nitrogens with one attached hydrogen (secondary N) is 1. The maximum Gasteiger partial charge on any atom is 0.224 e. The number of carbonyl (C=O) groups excluding carboxylic acids is 1. The lowest BCUT2D eigenvalue weighted by Crippen LogP contribution is -2.43. The number of halogens is 1. The number of rotatable bonds is 6. The molecule has 0 unspecified atom stereocenters. The standard InChI is InChI=1S/C19H22FN5O2/c1-27-16-12-25(17-9-10-22-19(21)24-17)11-15(16)23-18(26)8-4-6-13-5-2-3-7-14(13)20/h2-7,9-10,15-16H,8,11-12H2,1H3,(H,23,26)(H2,21,22,24)/b6-4+/t15-,16+/m0/s1. The van der Waals surface area contributed by atoms with Crippen LogP contribution in [0.15, 0.2) is 42.6 Å². The minimum atomic E-state index is -0.316. The topological polar surface area (TPSA) is 93.4 Å². The first kappa shape index (κ1) is 18.8. The smallest absolute Gasteiger partial charge is 0.224 e. The van der Waals surface area contributed by atoms with E-state index in [1.807, 2.05) is 4.90 Å². The van der Waals surface area contributed by atoms with Crippen LogP contribution in [0.2, 0.25) is 0 Å². The van der Waals surface area contributed by atoms with Gasteiger partial charge in [0.2, 0.25) is 11.9 Å². The number of aromatic nitrogens is 2. The molecule has 1 amide bonds. The number of nitrogens with zero attached hydrogens (tertiary/aromatic N) is 3. The number of carbonyl (C=O) groups is 1. The number of methoxy groups -OCH3 is 1. The van der Waals surface area contributed by atoms with Gasteiger partial charge in [-0.3, -0.25) is 4.79 Å². The van der Waals surface area contributed by atoms with E-state index in [4.69, 9.17) is 10.5 Å². The third kappa shape index (κ3) is 4.79. The highest BCUT2D eigenvalue weighted by Gasteiger charge is 2.34. The van der Waals surface area contributed by atoms with Crippen LogP contribution in [0.25, 0.3) is 6.08 Å². The third-order valence-electron chi connectivity index (χ3n) is 4.40. The molecule has 3 rings (SSSR count). The lowest BCUT2D eigenvalue weighted by atomic mass is 10.1. The summed E-state index contributed by atoms with van der Waals surface area (Å²) in [5.74, 6) is 0.427. The molecule has 8 heteroatoms. The van der Waals surface area contributed by atoms with Gasteiger partial charge in [0, 0.05) is 38.4 Å². The van der Waals surface area contributed by atoms with Crippen LogP contribution in [-0.2, 0) is 9.53 Å². The van der Waals surface area contributed by atoms with Crippen molar-refractivity contribution in [1.29, 1.82) is 0 Å². The van der Waals surface area contributed by atoms with Gasteiger partial charge in [-0.2, -0.15) is 4.98 Å². The number of amides is 1. The quantitative estimate of drug-likeness (QED) is 0.802. The Labute approximate surface area is 157 Å². The molecule has 2 aromatic rings. The lowest BCUT2D eigenvalue weighted by molar-refractivity contribution is -0.121. The van der Waals surface area contributed by atoms with E-state index in [9.17, 15) is 9.18 Å². The summed E-state index contributed by atoms with van der Waals surface area (Å²) >= 11 is 0. The summed E-state index contributed by atoms with van der Waals surface area (Å²) in [6.45, 7) is 1.14. The number of ether oxygens (including phenoxy) is 1. The van der Waals surface area contributed by atoms with Crippen molar-refractivity contribution in [2.45, 2.75) is 18.6 Å². The van der Waals surface area contributed by atoms with Crippen molar-refractivity contribution in [3.05, 3.63) is 54.0 Å². The van der Waals surface area contributed by atoms with Gasteiger partial charge in [-0.15, -0.1) is 0 Å². The monoisotopic (exact) mass is 371 g/mol. The van der Waals surface area contributed by atoms with Crippen LogP contribution >= 0.6 is 0 Å². The van der Waals surface area contributed by atoms with Crippen LogP contribution in [-0.4, -0.2) is 48.2 Å². The van der Waals surface area contributed by atoms with Crippen LogP contribution in [0.3, 0.4) is 0 Å². The molecule has 1 saturated heterocycles. The minimum absolute atomic E-state index is 0.154. The van der Waals surface area contributed by atoms with Crippen molar-refractivity contribution in [3.63, 3.8) is 0 Å². The Hall–Kier alpha value is -3.00. The number of nitrogen functional groups attached to an aromatic ring is 1. The van der Waals surface area contributed by atoms with Crippen LogP contribution in [0.5, 0.6) is 0 Å². The summed E-state index contributed by atoms with van der Waals surface area (Å²) in [6, 6.07) is 8.01. The molecule has 2 heterocycles. The molecule has 1 fully saturated rings. The first-order valence-electron chi connectivity index (χ1n) is 8.63. The first-order valence-corrected chi connectivity index (χ1v) is 8.63. The number of hydrogen-bond acceptors (Lipinski definition) is 6. The average Bonchev–Trinajstić information content (AvgIpc) is 3.06. The number of hydrogen-bond donors (Lipinski definition) is 2. The fraction of sp³-hybridized carbons (Fsp3) is 0.316. The Kier molecular flexibility index (Phi) is 5.97. The van der Waals surface area contributed by atoms with Crippen molar-refractivity contribution >= 4 is 23.7 Å². The molecule has 0 bridgehead atoms. The molecule has 3 N–H and O–H groups in total. The largest absolute Gasteiger partial charge is 0.377 e. The molecule has 1 aliphatic heterocycles. The zero-order valence-corrected chi connectivity index (χ0v) is 15.0. The van der Waals surface area contributed by atoms with Crippen LogP contribution in [0.1, 0.15) is 12.0 Å². The number of nitrogens with two attached hydrogens (primary N) is 1. The highest BCUT2D eigenvalue weighted by atomic mass is 19.1. The average molecular weight is 371 g/mol. The molecule has 0 spiro atoms. The normalized spacial score (nSPS) is 19.6. The molecular weight excluding hydrogens is 349 g/mol. The fourth-order valence-electron chi connectivity index (χ4n) is 3.05. The van der Waals surface area contributed by atoms with Gasteiger partial charge in [-0.1, -0.05) is 30.4 Å². The van der Waals surface area contributed by atoms with Gasteiger partial charge in [0.15, 0.2) is 0 Å². The SMILES string of the molecule is CO[C@@H]1CN(c2ccnc(N)n2)C[C@@H]1NC(=O)C/C=C/c1ccccc1F. The Balaban J connectivity index is 1.57. The molecule has 1 aliphatic rings. The summed E-state index contributed by atoms with van der Waals surface area (Å²) in [4.78, 5) is 22.3. The molecule has 0 aliphatic carbocycles. The molecule has 0 radical (unpaired) electrons. The van der Waals surface area contributed by atoms with E-state index in [-0.39, 0.29) is 36.2 Å². The zero-order valence-electron chi connectivity index (χ0n) is 15.0. The van der Waals surface area contributed by atoms with Crippen molar-refractivity contribution in [2.24, 2.45) is 0 Å². The van der Waals surface area contributed by atoms with E-state index in [1.54, 1.807) is 49.7 Å². The van der Waals surface area contributed by atoms with Crippen molar-refractivity contribution in [3.8, 4) is 0 Å². The van der Waals surface area contributed by atoms with Crippen LogP contribution < -0.4 is 16.0 Å². The summed E-state index contributed by atoms with van der Waals surface area (Å²) in [5, 5.41) is 2.97. The fourth-order valence-corrected chi connectivity index (χ4v) is 3.05. The molecule has 2 atom stereocenters. The number of anilines is 2. The van der Waals surface area contributed by atoms with Gasteiger partial charge in [-0.05, 0) is 12.1 Å². The Morgan fingerprint density at radius 3 is 2.96 bits per heavy atom. The molecule has 142 valence electrons. The van der Waals surface area contributed by atoms with Gasteiger partial charge in [0.1, 0.15) is 11.6 Å². The molecule has 1 aromatic carbocycles. The summed E-state index contributed by atoms with van der Waals surface area (Å²) < 4.78 is 19.1. The summed E-state index contributed by atoms with van der Waals surface area (Å²) in [7, 11) is 1.61. The maximum atomic E-state index is 13.6. The van der Waals surface area contributed by atoms with Gasteiger partial charge in [0.25, 0.3) is 0 Å². The van der Waals surface area contributed by atoms with E-state index in [0.29, 0.717) is 24.5 Å². The molecule has 27 heavy (non-hydrogen) atoms. The second-order valence-electron chi connectivity index (χ2n) is 6.25. The predicted octanol–water partition coefficient (Wildman–Crippen LogP) is 1.62. The highest BCUT2D eigenvalue weighted by molar-refractivity contribution is 5.79. The van der Waals surface area contributed by atoms with E-state index in [0.717, 1.165) is 0 Å². The Morgan fingerprint density at radius 1 is 1.41 bits per heavy atom. The van der Waals surface area contributed by atoms with Gasteiger partial charge in [-0.25, -0.2) is 9.37 Å². The minimum Gasteiger partial charge on any atom is -0.377 e. The predicted molar refractivity (Wildman–Crippen MR) is 101 cm³/mol. The second kappa shape index (κ2) is 8.59. The molecule has 0 saturated carbocycles. The summed E-state index contributed by atoms with van der Waals surface area (Å²) in [6.07, 6.45) is 4.84. The maximum absolute atomic E-state index is 13.6. The van der Waals surface area contributed by atoms with E-state index >= 15 is 0 Å². The molecular formula is C19H22FN5O2. The van der Waals surface area contributed by atoms with Crippen molar-refractivity contribution < 1.29 is 13.9 Å². The van der Waals surface area contributed by atoms with Crippen LogP contribution in [0.4, 0.5) is 16.2 Å². The number of benzene rings is 1. The highest BCUT2D eigenvalue weighted by Crippen LogP contribution is 2.20. The van der Waals surface area contributed by atoms with Crippen molar-refractivity contribution in [1.82, 2.24) is 15.3 Å². The molecule has 7 nitrogen and oxygen atoms in total. The van der Waals surface area contributed by atoms with Gasteiger partial charge in [0.05, 0.1) is 12.1 Å². The van der Waals surface area contributed by atoms with Gasteiger partial charge >= 0.3 is 0 Å². The van der Waals surface area contributed by atoms with Crippen LogP contribution in [0, 0.1) is 5.82 Å². The third-order valence-corrected chi connectivity index (χ3v) is 4.40. The van der Waals surface area contributed by atoms with Crippen molar-refractivity contribution in [2.75, 3.05) is 30.8 Å². The molecule has 1 aromatic heterocycles. The van der Waals surface area contributed by atoms with Gasteiger partial charge < -0.3 is 20.7 Å². The zero-order chi connectivity index (χ0) is 19.2. The lowest BCUT2D eigenvalue weighted by Gasteiger charge is -2.18. The second-order valence-corrected chi connectivity index (χ2v) is 6.25. The van der Waals surface area contributed by atoms with E-state index in [2.05, 4.69) is 15.3 Å². The first-order chi connectivity index (χ1) is 13.1. The Morgan fingerprint density at radius 2 is 2.22 bits per heavy atom. The van der Waals surface area contributed by atoms with E-state index in [1.165, 1.54) is 6.07 Å². The van der Waals surface area contributed by atoms with E-state index < -0.39 is 0 Å². The Bertz CT molecular complexity index is 829. The summed E-state index contributed by atoms with van der Waals surface area (Å²) in [5.41, 5.74) is 6.09.